The van der Waals surface area contributed by atoms with Gasteiger partial charge in [-0.2, -0.15) is 4.98 Å². The molecule has 0 aliphatic rings. The summed E-state index contributed by atoms with van der Waals surface area (Å²) in [6.07, 6.45) is 0. The first-order valence-electron chi connectivity index (χ1n) is 8.10. The average Bonchev–Trinajstić information content (AvgIpc) is 3.08. The van der Waals surface area contributed by atoms with Crippen LogP contribution in [0.1, 0.15) is 23.2 Å². The number of nitrogens with one attached hydrogen (secondary N) is 1. The number of benzene rings is 2. The lowest BCUT2D eigenvalue weighted by atomic mass is 10.2. The van der Waals surface area contributed by atoms with Gasteiger partial charge in [-0.05, 0) is 37.3 Å². The van der Waals surface area contributed by atoms with Gasteiger partial charge >= 0.3 is 5.97 Å². The Balaban J connectivity index is 1.87. The van der Waals surface area contributed by atoms with Crippen molar-refractivity contribution in [2.45, 2.75) is 18.7 Å². The van der Waals surface area contributed by atoms with Gasteiger partial charge in [-0.25, -0.2) is 13.2 Å². The molecular weight excluding hydrogens is 370 g/mol. The summed E-state index contributed by atoms with van der Waals surface area (Å²) in [5.41, 5.74) is 1.02. The van der Waals surface area contributed by atoms with Crippen LogP contribution < -0.4 is 4.72 Å². The van der Waals surface area contributed by atoms with E-state index in [2.05, 4.69) is 14.9 Å². The predicted octanol–water partition coefficient (Wildman–Crippen LogP) is 3.02. The molecule has 0 unspecified atom stereocenters. The van der Waals surface area contributed by atoms with Crippen LogP contribution in [0.25, 0.3) is 11.4 Å². The van der Waals surface area contributed by atoms with Crippen LogP contribution in [0.3, 0.4) is 0 Å². The van der Waals surface area contributed by atoms with Crippen molar-refractivity contribution in [2.24, 2.45) is 0 Å². The van der Waals surface area contributed by atoms with Gasteiger partial charge in [0.05, 0.1) is 17.1 Å². The van der Waals surface area contributed by atoms with Crippen LogP contribution in [-0.2, 0) is 14.8 Å². The first kappa shape index (κ1) is 18.6. The molecule has 0 saturated carbocycles. The van der Waals surface area contributed by atoms with E-state index in [-0.39, 0.29) is 22.8 Å². The quantitative estimate of drug-likeness (QED) is 0.647. The second-order valence-corrected chi connectivity index (χ2v) is 7.25. The normalized spacial score (nSPS) is 11.2. The fraction of sp³-hybridized carbons (Fsp3) is 0.167. The third-order valence-corrected chi connectivity index (χ3v) is 4.93. The number of ether oxygens (including phenoxy) is 1. The number of nitrogens with zero attached hydrogens (tertiary/aromatic N) is 2. The van der Waals surface area contributed by atoms with Gasteiger partial charge < -0.3 is 9.26 Å². The summed E-state index contributed by atoms with van der Waals surface area (Å²) in [4.78, 5) is 15.9. The van der Waals surface area contributed by atoms with Gasteiger partial charge in [0.25, 0.3) is 10.0 Å². The number of hydrogen-bond donors (Lipinski definition) is 1. The van der Waals surface area contributed by atoms with E-state index in [1.54, 1.807) is 44.2 Å². The Morgan fingerprint density at radius 2 is 1.96 bits per heavy atom. The molecule has 0 aliphatic carbocycles. The molecule has 0 radical (unpaired) electrons. The van der Waals surface area contributed by atoms with Crippen molar-refractivity contribution < 1.29 is 22.5 Å². The Kier molecular flexibility index (Phi) is 5.22. The smallest absolute Gasteiger partial charge is 0.338 e. The van der Waals surface area contributed by atoms with E-state index in [9.17, 15) is 13.2 Å². The summed E-state index contributed by atoms with van der Waals surface area (Å²) in [5, 5.41) is 3.79. The van der Waals surface area contributed by atoms with E-state index in [0.717, 1.165) is 0 Å². The average molecular weight is 387 g/mol. The molecule has 0 atom stereocenters. The maximum absolute atomic E-state index is 12.7. The molecule has 8 nitrogen and oxygen atoms in total. The van der Waals surface area contributed by atoms with Gasteiger partial charge in [0.1, 0.15) is 0 Å². The molecule has 0 amide bonds. The van der Waals surface area contributed by atoms with Crippen molar-refractivity contribution in [2.75, 3.05) is 11.3 Å². The fourth-order valence-electron chi connectivity index (χ4n) is 2.36. The highest BCUT2D eigenvalue weighted by molar-refractivity contribution is 7.92. The SMILES string of the molecule is CCOC(=O)c1cccc(NS(=O)(=O)c2cccc(-c3noc(C)n3)c2)c1. The van der Waals surface area contributed by atoms with E-state index in [1.807, 2.05) is 0 Å². The molecule has 3 rings (SSSR count). The summed E-state index contributed by atoms with van der Waals surface area (Å²) < 4.78 is 37.7. The molecule has 0 spiro atoms. The highest BCUT2D eigenvalue weighted by atomic mass is 32.2. The number of aromatic nitrogens is 2. The topological polar surface area (TPSA) is 111 Å². The lowest BCUT2D eigenvalue weighted by Crippen LogP contribution is -2.14. The number of anilines is 1. The second kappa shape index (κ2) is 7.58. The van der Waals surface area contributed by atoms with Crippen molar-refractivity contribution in [1.29, 1.82) is 0 Å². The molecule has 0 bridgehead atoms. The zero-order chi connectivity index (χ0) is 19.4. The first-order valence-corrected chi connectivity index (χ1v) is 9.58. The summed E-state index contributed by atoms with van der Waals surface area (Å²) >= 11 is 0. The first-order chi connectivity index (χ1) is 12.9. The predicted molar refractivity (Wildman–Crippen MR) is 97.7 cm³/mol. The largest absolute Gasteiger partial charge is 0.462 e. The van der Waals surface area contributed by atoms with Crippen LogP contribution in [0.15, 0.2) is 57.9 Å². The van der Waals surface area contributed by atoms with Crippen molar-refractivity contribution in [1.82, 2.24) is 10.1 Å². The van der Waals surface area contributed by atoms with Crippen molar-refractivity contribution >= 4 is 21.7 Å². The summed E-state index contributed by atoms with van der Waals surface area (Å²) in [5.74, 6) is 0.161. The van der Waals surface area contributed by atoms with Crippen molar-refractivity contribution in [3.05, 3.63) is 60.0 Å². The van der Waals surface area contributed by atoms with Gasteiger partial charge in [0.15, 0.2) is 0 Å². The monoisotopic (exact) mass is 387 g/mol. The molecule has 3 aromatic rings. The lowest BCUT2D eigenvalue weighted by Gasteiger charge is -2.10. The Hall–Kier alpha value is -3.20. The van der Waals surface area contributed by atoms with Gasteiger partial charge in [0, 0.05) is 18.2 Å². The summed E-state index contributed by atoms with van der Waals surface area (Å²) in [6, 6.07) is 12.3. The zero-order valence-corrected chi connectivity index (χ0v) is 15.5. The van der Waals surface area contributed by atoms with E-state index in [0.29, 0.717) is 17.3 Å². The van der Waals surface area contributed by atoms with Crippen LogP contribution >= 0.6 is 0 Å². The maximum atomic E-state index is 12.7. The number of hydrogen-bond acceptors (Lipinski definition) is 7. The molecule has 0 fully saturated rings. The molecule has 0 saturated heterocycles. The van der Waals surface area contributed by atoms with Crippen molar-refractivity contribution in [3.8, 4) is 11.4 Å². The number of rotatable bonds is 6. The Morgan fingerprint density at radius 3 is 2.67 bits per heavy atom. The van der Waals surface area contributed by atoms with Gasteiger partial charge in [-0.3, -0.25) is 4.72 Å². The molecule has 1 aromatic heterocycles. The number of esters is 1. The second-order valence-electron chi connectivity index (χ2n) is 5.57. The van der Waals surface area contributed by atoms with E-state index >= 15 is 0 Å². The maximum Gasteiger partial charge on any atom is 0.338 e. The van der Waals surface area contributed by atoms with Crippen LogP contribution in [0, 0.1) is 6.92 Å². The van der Waals surface area contributed by atoms with Crippen molar-refractivity contribution in [3.63, 3.8) is 0 Å². The molecule has 1 heterocycles. The number of carbonyl (C=O) groups excluding carboxylic acids is 1. The van der Waals surface area contributed by atoms with Gasteiger partial charge in [-0.1, -0.05) is 23.4 Å². The number of carbonyl (C=O) groups is 1. The summed E-state index contributed by atoms with van der Waals surface area (Å²) in [7, 11) is -3.88. The van der Waals surface area contributed by atoms with E-state index in [1.165, 1.54) is 18.2 Å². The molecule has 1 N–H and O–H groups in total. The molecule has 0 aliphatic heterocycles. The molecular formula is C18H17N3O5S. The highest BCUT2D eigenvalue weighted by Crippen LogP contribution is 2.22. The van der Waals surface area contributed by atoms with Crippen LogP contribution in [0.2, 0.25) is 0 Å². The minimum atomic E-state index is -3.88. The fourth-order valence-corrected chi connectivity index (χ4v) is 3.45. The lowest BCUT2D eigenvalue weighted by molar-refractivity contribution is 0.0526. The highest BCUT2D eigenvalue weighted by Gasteiger charge is 2.17. The molecule has 9 heteroatoms. The van der Waals surface area contributed by atoms with E-state index in [4.69, 9.17) is 9.26 Å². The third-order valence-electron chi connectivity index (χ3n) is 3.56. The third kappa shape index (κ3) is 4.32. The number of sulfonamides is 1. The Labute approximate surface area is 156 Å². The Morgan fingerprint density at radius 1 is 1.19 bits per heavy atom. The van der Waals surface area contributed by atoms with Crippen LogP contribution in [0.4, 0.5) is 5.69 Å². The standard InChI is InChI=1S/C18H17N3O5S/c1-3-25-18(22)14-7-4-8-15(10-14)21-27(23,24)16-9-5-6-13(11-16)17-19-12(2)26-20-17/h4-11,21H,3H2,1-2H3. The summed E-state index contributed by atoms with van der Waals surface area (Å²) in [6.45, 7) is 3.58. The van der Waals surface area contributed by atoms with Crippen LogP contribution in [-0.4, -0.2) is 31.1 Å². The van der Waals surface area contributed by atoms with Gasteiger partial charge in [0.2, 0.25) is 11.7 Å². The van der Waals surface area contributed by atoms with Crippen LogP contribution in [0.5, 0.6) is 0 Å². The Bertz CT molecular complexity index is 1080. The number of aryl methyl sites for hydroxylation is 1. The van der Waals surface area contributed by atoms with Gasteiger partial charge in [-0.15, -0.1) is 0 Å². The molecule has 27 heavy (non-hydrogen) atoms. The molecule has 140 valence electrons. The zero-order valence-electron chi connectivity index (χ0n) is 14.7. The van der Waals surface area contributed by atoms with E-state index < -0.39 is 16.0 Å². The minimum absolute atomic E-state index is 0.0315. The minimum Gasteiger partial charge on any atom is -0.462 e. The molecule has 2 aromatic carbocycles.